The van der Waals surface area contributed by atoms with Crippen LogP contribution in [-0.4, -0.2) is 44.2 Å². The van der Waals surface area contributed by atoms with Crippen LogP contribution in [0.15, 0.2) is 53.4 Å². The minimum Gasteiger partial charge on any atom is -0.462 e. The molecular formula is C21H22FNO5S. The van der Waals surface area contributed by atoms with E-state index in [4.69, 9.17) is 4.74 Å². The quantitative estimate of drug-likeness (QED) is 0.372. The number of esters is 1. The van der Waals surface area contributed by atoms with Crippen molar-refractivity contribution in [3.63, 3.8) is 0 Å². The lowest BCUT2D eigenvalue weighted by Crippen LogP contribution is -2.27. The number of carbonyl (C=O) groups excluding carboxylic acids is 2. The second kappa shape index (κ2) is 9.28. The molecule has 8 heteroatoms. The van der Waals surface area contributed by atoms with E-state index in [1.165, 1.54) is 52.8 Å². The summed E-state index contributed by atoms with van der Waals surface area (Å²) >= 11 is 0. The van der Waals surface area contributed by atoms with E-state index in [0.717, 1.165) is 12.8 Å². The molecule has 1 saturated heterocycles. The number of hydrogen-bond donors (Lipinski definition) is 0. The minimum atomic E-state index is -3.52. The van der Waals surface area contributed by atoms with Crippen LogP contribution in [-0.2, 0) is 14.8 Å². The SMILES string of the molecule is O=C(CCCOC(=O)c1ccc(S(=O)(=O)N2CCCC2)cc1)c1ccc(F)cc1. The topological polar surface area (TPSA) is 80.8 Å². The van der Waals surface area contributed by atoms with Crippen molar-refractivity contribution < 1.29 is 27.1 Å². The second-order valence-corrected chi connectivity index (χ2v) is 8.74. The number of rotatable bonds is 8. The van der Waals surface area contributed by atoms with Gasteiger partial charge in [0, 0.05) is 25.1 Å². The van der Waals surface area contributed by atoms with Gasteiger partial charge in [0.25, 0.3) is 0 Å². The molecule has 1 heterocycles. The van der Waals surface area contributed by atoms with Crippen molar-refractivity contribution in [3.8, 4) is 0 Å². The van der Waals surface area contributed by atoms with Gasteiger partial charge in [0.1, 0.15) is 5.82 Å². The Bertz CT molecular complexity index is 965. The van der Waals surface area contributed by atoms with E-state index in [9.17, 15) is 22.4 Å². The summed E-state index contributed by atoms with van der Waals surface area (Å²) in [6.45, 7) is 1.09. The van der Waals surface area contributed by atoms with Crippen molar-refractivity contribution in [2.75, 3.05) is 19.7 Å². The lowest BCUT2D eigenvalue weighted by Gasteiger charge is -2.15. The number of carbonyl (C=O) groups is 2. The van der Waals surface area contributed by atoms with Crippen LogP contribution in [0.5, 0.6) is 0 Å². The van der Waals surface area contributed by atoms with Gasteiger partial charge < -0.3 is 4.74 Å². The molecule has 0 atom stereocenters. The van der Waals surface area contributed by atoms with E-state index in [-0.39, 0.29) is 29.3 Å². The summed E-state index contributed by atoms with van der Waals surface area (Å²) in [7, 11) is -3.52. The summed E-state index contributed by atoms with van der Waals surface area (Å²) < 4.78 is 44.4. The third-order valence-electron chi connectivity index (χ3n) is 4.74. The minimum absolute atomic E-state index is 0.0552. The van der Waals surface area contributed by atoms with E-state index < -0.39 is 21.8 Å². The number of halogens is 1. The van der Waals surface area contributed by atoms with Gasteiger partial charge >= 0.3 is 5.97 Å². The summed E-state index contributed by atoms with van der Waals surface area (Å²) in [5, 5.41) is 0. The van der Waals surface area contributed by atoms with Crippen LogP contribution in [0.2, 0.25) is 0 Å². The Morgan fingerprint density at radius 3 is 2.14 bits per heavy atom. The van der Waals surface area contributed by atoms with Crippen molar-refractivity contribution in [1.82, 2.24) is 4.31 Å². The third-order valence-corrected chi connectivity index (χ3v) is 6.65. The summed E-state index contributed by atoms with van der Waals surface area (Å²) in [6, 6.07) is 10.9. The summed E-state index contributed by atoms with van der Waals surface area (Å²) in [6.07, 6.45) is 2.22. The highest BCUT2D eigenvalue weighted by Crippen LogP contribution is 2.21. The van der Waals surface area contributed by atoms with Gasteiger partial charge in [-0.05, 0) is 67.8 Å². The normalized spacial score (nSPS) is 14.7. The molecule has 1 aliphatic rings. The number of ketones is 1. The fraction of sp³-hybridized carbons (Fsp3) is 0.333. The van der Waals surface area contributed by atoms with Crippen LogP contribution < -0.4 is 0 Å². The highest BCUT2D eigenvalue weighted by Gasteiger charge is 2.27. The Kier molecular flexibility index (Phi) is 6.76. The predicted molar refractivity (Wildman–Crippen MR) is 105 cm³/mol. The van der Waals surface area contributed by atoms with Gasteiger partial charge in [-0.1, -0.05) is 0 Å². The van der Waals surface area contributed by atoms with Gasteiger partial charge in [-0.15, -0.1) is 0 Å². The average molecular weight is 419 g/mol. The highest BCUT2D eigenvalue weighted by molar-refractivity contribution is 7.89. The summed E-state index contributed by atoms with van der Waals surface area (Å²) in [5.74, 6) is -1.14. The van der Waals surface area contributed by atoms with Gasteiger partial charge in [-0.25, -0.2) is 17.6 Å². The monoisotopic (exact) mass is 419 g/mol. The molecule has 1 aliphatic heterocycles. The maximum absolute atomic E-state index is 12.9. The molecule has 0 unspecified atom stereocenters. The molecule has 0 spiro atoms. The van der Waals surface area contributed by atoms with Gasteiger partial charge in [0.05, 0.1) is 17.1 Å². The molecule has 29 heavy (non-hydrogen) atoms. The first-order valence-electron chi connectivity index (χ1n) is 9.44. The third kappa shape index (κ3) is 5.27. The first-order chi connectivity index (χ1) is 13.9. The van der Waals surface area contributed by atoms with Gasteiger partial charge in [-0.2, -0.15) is 4.31 Å². The van der Waals surface area contributed by atoms with Gasteiger partial charge in [0.15, 0.2) is 5.78 Å². The Labute approximate surface area is 169 Å². The van der Waals surface area contributed by atoms with E-state index >= 15 is 0 Å². The van der Waals surface area contributed by atoms with E-state index in [1.807, 2.05) is 0 Å². The Balaban J connectivity index is 1.48. The molecule has 0 aliphatic carbocycles. The maximum Gasteiger partial charge on any atom is 0.338 e. The van der Waals surface area contributed by atoms with Crippen molar-refractivity contribution >= 4 is 21.8 Å². The molecule has 1 fully saturated rings. The van der Waals surface area contributed by atoms with E-state index in [2.05, 4.69) is 0 Å². The Morgan fingerprint density at radius 1 is 0.931 bits per heavy atom. The van der Waals surface area contributed by atoms with Crippen LogP contribution >= 0.6 is 0 Å². The van der Waals surface area contributed by atoms with Crippen LogP contribution in [0.25, 0.3) is 0 Å². The molecule has 0 N–H and O–H groups in total. The molecule has 0 amide bonds. The zero-order chi connectivity index (χ0) is 20.9. The highest BCUT2D eigenvalue weighted by atomic mass is 32.2. The first-order valence-corrected chi connectivity index (χ1v) is 10.9. The zero-order valence-electron chi connectivity index (χ0n) is 15.8. The predicted octanol–water partition coefficient (Wildman–Crippen LogP) is 3.43. The smallest absolute Gasteiger partial charge is 0.338 e. The molecule has 0 bridgehead atoms. The summed E-state index contributed by atoms with van der Waals surface area (Å²) in [5.41, 5.74) is 0.655. The summed E-state index contributed by atoms with van der Waals surface area (Å²) in [4.78, 5) is 24.2. The second-order valence-electron chi connectivity index (χ2n) is 6.81. The lowest BCUT2D eigenvalue weighted by atomic mass is 10.1. The van der Waals surface area contributed by atoms with Crippen LogP contribution in [0.1, 0.15) is 46.4 Å². The molecule has 0 saturated carbocycles. The molecule has 154 valence electrons. The largest absolute Gasteiger partial charge is 0.462 e. The van der Waals surface area contributed by atoms with E-state index in [1.54, 1.807) is 0 Å². The molecule has 2 aromatic carbocycles. The fourth-order valence-electron chi connectivity index (χ4n) is 3.10. The molecule has 0 aromatic heterocycles. The molecule has 0 radical (unpaired) electrons. The Hall–Kier alpha value is -2.58. The Morgan fingerprint density at radius 2 is 1.52 bits per heavy atom. The number of nitrogens with zero attached hydrogens (tertiary/aromatic N) is 1. The number of benzene rings is 2. The number of ether oxygens (including phenoxy) is 1. The van der Waals surface area contributed by atoms with Crippen LogP contribution in [0.4, 0.5) is 4.39 Å². The van der Waals surface area contributed by atoms with Crippen LogP contribution in [0.3, 0.4) is 0 Å². The van der Waals surface area contributed by atoms with Gasteiger partial charge in [0.2, 0.25) is 10.0 Å². The maximum atomic E-state index is 12.9. The van der Waals surface area contributed by atoms with Crippen molar-refractivity contribution in [2.24, 2.45) is 0 Å². The number of hydrogen-bond acceptors (Lipinski definition) is 5. The molecule has 6 nitrogen and oxygen atoms in total. The van der Waals surface area contributed by atoms with Crippen molar-refractivity contribution in [2.45, 2.75) is 30.6 Å². The average Bonchev–Trinajstić information content (AvgIpc) is 3.27. The molecular weight excluding hydrogens is 397 g/mol. The van der Waals surface area contributed by atoms with Crippen LogP contribution in [0, 0.1) is 5.82 Å². The number of Topliss-reactive ketones (excluding diaryl/α,β-unsaturated/α-hetero) is 1. The zero-order valence-corrected chi connectivity index (χ0v) is 16.7. The molecule has 2 aromatic rings. The molecule has 3 rings (SSSR count). The van der Waals surface area contributed by atoms with Crippen molar-refractivity contribution in [3.05, 3.63) is 65.5 Å². The number of sulfonamides is 1. The standard InChI is InChI=1S/C21H22FNO5S/c22-18-9-5-16(6-10-18)20(24)4-3-15-28-21(25)17-7-11-19(12-8-17)29(26,27)23-13-1-2-14-23/h5-12H,1-4,13-15H2. The first kappa shape index (κ1) is 21.1. The van der Waals surface area contributed by atoms with Gasteiger partial charge in [-0.3, -0.25) is 4.79 Å². The lowest BCUT2D eigenvalue weighted by molar-refractivity contribution is 0.0494. The van der Waals surface area contributed by atoms with E-state index in [0.29, 0.717) is 25.1 Å². The fourth-order valence-corrected chi connectivity index (χ4v) is 4.62. The van der Waals surface area contributed by atoms with Crippen molar-refractivity contribution in [1.29, 1.82) is 0 Å².